The normalized spacial score (nSPS) is 10.3. The molecule has 0 aliphatic rings. The molecule has 0 aliphatic heterocycles. The van der Waals surface area contributed by atoms with E-state index in [1.807, 2.05) is 0 Å². The Morgan fingerprint density at radius 1 is 1.16 bits per heavy atom. The first-order valence-corrected chi connectivity index (χ1v) is 5.98. The number of nitrogens with one attached hydrogen (secondary N) is 1. The van der Waals surface area contributed by atoms with E-state index in [-0.39, 0.29) is 27.0 Å². The molecular formula is C13H8Cl2FNO2. The lowest BCUT2D eigenvalue weighted by Crippen LogP contribution is -2.13. The molecule has 0 fully saturated rings. The summed E-state index contributed by atoms with van der Waals surface area (Å²) in [5.74, 6) is -1.53. The van der Waals surface area contributed by atoms with Crippen LogP contribution in [0, 0.1) is 5.82 Å². The third-order valence-electron chi connectivity index (χ3n) is 2.39. The molecule has 0 heterocycles. The Morgan fingerprint density at radius 2 is 1.74 bits per heavy atom. The molecule has 2 rings (SSSR count). The summed E-state index contributed by atoms with van der Waals surface area (Å²) in [6.45, 7) is 0. The zero-order valence-electron chi connectivity index (χ0n) is 9.45. The summed E-state index contributed by atoms with van der Waals surface area (Å²) in [6, 6.07) is 8.22. The Kier molecular flexibility index (Phi) is 3.93. The molecule has 0 unspecified atom stereocenters. The summed E-state index contributed by atoms with van der Waals surface area (Å²) in [5, 5.41) is 11.8. The predicted molar refractivity (Wildman–Crippen MR) is 72.5 cm³/mol. The van der Waals surface area contributed by atoms with Crippen molar-refractivity contribution in [1.29, 1.82) is 0 Å². The van der Waals surface area contributed by atoms with Crippen LogP contribution in [0.25, 0.3) is 0 Å². The van der Waals surface area contributed by atoms with E-state index < -0.39 is 11.7 Å². The number of amides is 1. The van der Waals surface area contributed by atoms with Crippen LogP contribution >= 0.6 is 23.2 Å². The summed E-state index contributed by atoms with van der Waals surface area (Å²) in [4.78, 5) is 11.8. The lowest BCUT2D eigenvalue weighted by Gasteiger charge is -2.08. The quantitative estimate of drug-likeness (QED) is 0.821. The molecule has 6 heteroatoms. The number of hydrogen-bond donors (Lipinski definition) is 2. The Hall–Kier alpha value is -1.78. The highest BCUT2D eigenvalue weighted by Gasteiger charge is 2.13. The van der Waals surface area contributed by atoms with Gasteiger partial charge in [0.25, 0.3) is 5.91 Å². The van der Waals surface area contributed by atoms with E-state index in [0.29, 0.717) is 0 Å². The fourth-order valence-corrected chi connectivity index (χ4v) is 1.97. The summed E-state index contributed by atoms with van der Waals surface area (Å²) in [7, 11) is 0. The van der Waals surface area contributed by atoms with Crippen LogP contribution in [0.2, 0.25) is 10.0 Å². The van der Waals surface area contributed by atoms with Gasteiger partial charge in [0.05, 0.1) is 15.6 Å². The minimum Gasteiger partial charge on any atom is -0.505 e. The zero-order chi connectivity index (χ0) is 14.0. The Bertz CT molecular complexity index is 623. The number of anilines is 1. The van der Waals surface area contributed by atoms with Gasteiger partial charge in [0, 0.05) is 5.69 Å². The first-order valence-electron chi connectivity index (χ1n) is 5.23. The molecule has 0 saturated carbocycles. The summed E-state index contributed by atoms with van der Waals surface area (Å²) < 4.78 is 13.4. The van der Waals surface area contributed by atoms with Crippen LogP contribution in [-0.4, -0.2) is 11.0 Å². The Balaban J connectivity index is 2.27. The van der Waals surface area contributed by atoms with Crippen molar-refractivity contribution in [3.8, 4) is 5.75 Å². The third-order valence-corrected chi connectivity index (χ3v) is 2.97. The Labute approximate surface area is 118 Å². The number of hydrogen-bond acceptors (Lipinski definition) is 2. The number of carbonyl (C=O) groups is 1. The van der Waals surface area contributed by atoms with Gasteiger partial charge < -0.3 is 10.4 Å². The molecular weight excluding hydrogens is 292 g/mol. The van der Waals surface area contributed by atoms with Crippen molar-refractivity contribution in [1.82, 2.24) is 0 Å². The van der Waals surface area contributed by atoms with Gasteiger partial charge in [-0.1, -0.05) is 35.3 Å². The topological polar surface area (TPSA) is 49.3 Å². The molecule has 0 aliphatic carbocycles. The fraction of sp³-hybridized carbons (Fsp3) is 0. The second kappa shape index (κ2) is 5.47. The molecule has 3 nitrogen and oxygen atoms in total. The van der Waals surface area contributed by atoms with Gasteiger partial charge >= 0.3 is 0 Å². The SMILES string of the molecule is O=C(Nc1cc(Cl)c(O)c(Cl)c1)c1ccccc1F. The lowest BCUT2D eigenvalue weighted by atomic mass is 10.2. The smallest absolute Gasteiger partial charge is 0.258 e. The van der Waals surface area contributed by atoms with Gasteiger partial charge in [-0.05, 0) is 24.3 Å². The summed E-state index contributed by atoms with van der Waals surface area (Å²) in [5.41, 5.74) is 0.170. The van der Waals surface area contributed by atoms with Gasteiger partial charge in [-0.25, -0.2) is 4.39 Å². The van der Waals surface area contributed by atoms with Crippen molar-refractivity contribution >= 4 is 34.8 Å². The van der Waals surface area contributed by atoms with Crippen molar-refractivity contribution in [2.45, 2.75) is 0 Å². The minimum atomic E-state index is -0.629. The van der Waals surface area contributed by atoms with E-state index in [4.69, 9.17) is 23.2 Å². The van der Waals surface area contributed by atoms with E-state index in [0.717, 1.165) is 0 Å². The van der Waals surface area contributed by atoms with Crippen molar-refractivity contribution in [3.05, 3.63) is 57.8 Å². The predicted octanol–water partition coefficient (Wildman–Crippen LogP) is 4.09. The number of halogens is 3. The van der Waals surface area contributed by atoms with Crippen molar-refractivity contribution in [2.24, 2.45) is 0 Å². The summed E-state index contributed by atoms with van der Waals surface area (Å²) in [6.07, 6.45) is 0. The average molecular weight is 300 g/mol. The standard InChI is InChI=1S/C13H8Cl2FNO2/c14-9-5-7(6-10(15)12(9)18)17-13(19)8-3-1-2-4-11(8)16/h1-6,18H,(H,17,19). The maximum absolute atomic E-state index is 13.4. The van der Waals surface area contributed by atoms with Gasteiger partial charge in [-0.2, -0.15) is 0 Å². The molecule has 0 radical (unpaired) electrons. The molecule has 98 valence electrons. The molecule has 0 bridgehead atoms. The zero-order valence-corrected chi connectivity index (χ0v) is 11.0. The van der Waals surface area contributed by atoms with Gasteiger partial charge in [0.2, 0.25) is 0 Å². The maximum atomic E-state index is 13.4. The first kappa shape index (κ1) is 13.6. The second-order valence-corrected chi connectivity index (χ2v) is 4.54. The minimum absolute atomic E-state index is 0.00339. The van der Waals surface area contributed by atoms with Gasteiger partial charge in [0.1, 0.15) is 5.82 Å². The Morgan fingerprint density at radius 3 is 2.32 bits per heavy atom. The largest absolute Gasteiger partial charge is 0.505 e. The molecule has 0 aromatic heterocycles. The molecule has 2 aromatic rings. The molecule has 1 amide bonds. The number of phenolic OH excluding ortho intramolecular Hbond substituents is 1. The van der Waals surface area contributed by atoms with Crippen molar-refractivity contribution < 1.29 is 14.3 Å². The van der Waals surface area contributed by atoms with Crippen LogP contribution in [-0.2, 0) is 0 Å². The van der Waals surface area contributed by atoms with Crippen LogP contribution < -0.4 is 5.32 Å². The molecule has 0 saturated heterocycles. The van der Waals surface area contributed by atoms with E-state index in [1.54, 1.807) is 6.07 Å². The van der Waals surface area contributed by atoms with E-state index in [9.17, 15) is 14.3 Å². The van der Waals surface area contributed by atoms with Crippen LogP contribution in [0.15, 0.2) is 36.4 Å². The second-order valence-electron chi connectivity index (χ2n) is 3.72. The highest BCUT2D eigenvalue weighted by molar-refractivity contribution is 6.37. The average Bonchev–Trinajstić information content (AvgIpc) is 2.36. The third kappa shape index (κ3) is 2.97. The van der Waals surface area contributed by atoms with Crippen LogP contribution in [0.4, 0.5) is 10.1 Å². The first-order chi connectivity index (χ1) is 8.99. The molecule has 0 atom stereocenters. The highest BCUT2D eigenvalue weighted by atomic mass is 35.5. The highest BCUT2D eigenvalue weighted by Crippen LogP contribution is 2.34. The maximum Gasteiger partial charge on any atom is 0.258 e. The van der Waals surface area contributed by atoms with Crippen molar-refractivity contribution in [2.75, 3.05) is 5.32 Å². The fourth-order valence-electron chi connectivity index (χ4n) is 1.48. The van der Waals surface area contributed by atoms with Crippen molar-refractivity contribution in [3.63, 3.8) is 0 Å². The number of rotatable bonds is 2. The van der Waals surface area contributed by atoms with E-state index >= 15 is 0 Å². The molecule has 2 aromatic carbocycles. The van der Waals surface area contributed by atoms with Crippen LogP contribution in [0.3, 0.4) is 0 Å². The number of aromatic hydroxyl groups is 1. The van der Waals surface area contributed by atoms with Gasteiger partial charge in [-0.3, -0.25) is 4.79 Å². The van der Waals surface area contributed by atoms with Crippen LogP contribution in [0.1, 0.15) is 10.4 Å². The number of phenols is 1. The lowest BCUT2D eigenvalue weighted by molar-refractivity contribution is 0.102. The monoisotopic (exact) mass is 299 g/mol. The molecule has 19 heavy (non-hydrogen) atoms. The summed E-state index contributed by atoms with van der Waals surface area (Å²) >= 11 is 11.4. The number of benzene rings is 2. The van der Waals surface area contributed by atoms with E-state index in [2.05, 4.69) is 5.32 Å². The molecule has 2 N–H and O–H groups in total. The number of carbonyl (C=O) groups excluding carboxylic acids is 1. The van der Waals surface area contributed by atoms with Gasteiger partial charge in [-0.15, -0.1) is 0 Å². The molecule has 0 spiro atoms. The van der Waals surface area contributed by atoms with Crippen LogP contribution in [0.5, 0.6) is 5.75 Å². The van der Waals surface area contributed by atoms with E-state index in [1.165, 1.54) is 30.3 Å². The van der Waals surface area contributed by atoms with Gasteiger partial charge in [0.15, 0.2) is 5.75 Å².